The van der Waals surface area contributed by atoms with E-state index in [1.165, 1.54) is 23.0 Å². The van der Waals surface area contributed by atoms with Gasteiger partial charge in [-0.2, -0.15) is 5.10 Å². The molecule has 9 nitrogen and oxygen atoms in total. The van der Waals surface area contributed by atoms with Crippen molar-refractivity contribution < 1.29 is 0 Å². The topological polar surface area (TPSA) is 92.5 Å². The highest BCUT2D eigenvalue weighted by atomic mass is 35.5. The van der Waals surface area contributed by atoms with E-state index in [1.54, 1.807) is 29.5 Å². The van der Waals surface area contributed by atoms with Crippen molar-refractivity contribution >= 4 is 51.8 Å². The fourth-order valence-corrected chi connectivity index (χ4v) is 5.32. The fourth-order valence-electron chi connectivity index (χ4n) is 4.33. The van der Waals surface area contributed by atoms with Gasteiger partial charge in [0.15, 0.2) is 0 Å². The Kier molecular flexibility index (Phi) is 7.30. The summed E-state index contributed by atoms with van der Waals surface area (Å²) in [5, 5.41) is 7.99. The third kappa shape index (κ3) is 4.32. The Morgan fingerprint density at radius 1 is 1.03 bits per heavy atom. The largest absolute Gasteiger partial charge is 0.336 e. The van der Waals surface area contributed by atoms with E-state index in [4.69, 9.17) is 11.6 Å². The van der Waals surface area contributed by atoms with Crippen LogP contribution >= 0.6 is 35.3 Å². The van der Waals surface area contributed by atoms with E-state index in [-0.39, 0.29) is 23.7 Å². The third-order valence-corrected chi connectivity index (χ3v) is 7.05. The summed E-state index contributed by atoms with van der Waals surface area (Å²) < 4.78 is 6.46. The molecule has 6 heterocycles. The number of hydrogen-bond acceptors (Lipinski definition) is 6. The van der Waals surface area contributed by atoms with Gasteiger partial charge in [-0.15, -0.1) is 23.7 Å². The van der Waals surface area contributed by atoms with Crippen LogP contribution in [0.2, 0.25) is 5.15 Å². The van der Waals surface area contributed by atoms with Gasteiger partial charge in [-0.3, -0.25) is 23.6 Å². The second-order valence-corrected chi connectivity index (χ2v) is 9.30. The Balaban J connectivity index is 0.000000383. The zero-order valence-corrected chi connectivity index (χ0v) is 22.1. The van der Waals surface area contributed by atoms with Crippen LogP contribution in [0.15, 0.2) is 63.9 Å². The number of halogens is 2. The van der Waals surface area contributed by atoms with Gasteiger partial charge in [0.25, 0.3) is 5.56 Å². The lowest BCUT2D eigenvalue weighted by Gasteiger charge is -2.18. The molecule has 5 aromatic heterocycles. The van der Waals surface area contributed by atoms with Crippen molar-refractivity contribution in [1.82, 2.24) is 33.4 Å². The van der Waals surface area contributed by atoms with Gasteiger partial charge >= 0.3 is 5.69 Å². The van der Waals surface area contributed by atoms with E-state index >= 15 is 0 Å². The first-order chi connectivity index (χ1) is 16.9. The van der Waals surface area contributed by atoms with E-state index in [0.717, 1.165) is 33.0 Å². The molecule has 0 aromatic carbocycles. The highest BCUT2D eigenvalue weighted by Gasteiger charge is 2.30. The number of hydrogen-bond donors (Lipinski definition) is 0. The molecule has 0 fully saturated rings. The fraction of sp³-hybridized carbons (Fsp3) is 0.208. The number of aryl methyl sites for hydroxylation is 2. The zero-order valence-electron chi connectivity index (χ0n) is 19.8. The van der Waals surface area contributed by atoms with Crippen LogP contribution in [0.3, 0.4) is 0 Å². The first-order valence-corrected chi connectivity index (χ1v) is 12.1. The van der Waals surface area contributed by atoms with Crippen molar-refractivity contribution in [3.8, 4) is 11.4 Å². The summed E-state index contributed by atoms with van der Waals surface area (Å²) in [6.45, 7) is 0.676. The van der Waals surface area contributed by atoms with Crippen molar-refractivity contribution in [2.45, 2.75) is 13.0 Å². The van der Waals surface area contributed by atoms with Crippen LogP contribution in [0.5, 0.6) is 0 Å². The molecular formula is C24H23Cl2N7O2S. The Labute approximate surface area is 221 Å². The average Bonchev–Trinajstić information content (AvgIpc) is 3.59. The first kappa shape index (κ1) is 25.6. The SMILES string of the molecule is Cl.Cn1ccc(-c2c3c(=O)n(C)c(=O)n(C)c3c3n2CCC=C3c2nc(Cl)cs2)n1.c1ccncc1. The molecule has 0 saturated carbocycles. The molecule has 0 bridgehead atoms. The van der Waals surface area contributed by atoms with Crippen LogP contribution < -0.4 is 11.2 Å². The maximum Gasteiger partial charge on any atom is 0.331 e. The number of rotatable bonds is 2. The van der Waals surface area contributed by atoms with Crippen molar-refractivity contribution in [1.29, 1.82) is 0 Å². The quantitative estimate of drug-likeness (QED) is 0.336. The summed E-state index contributed by atoms with van der Waals surface area (Å²) in [6.07, 6.45) is 8.20. The minimum Gasteiger partial charge on any atom is -0.336 e. The summed E-state index contributed by atoms with van der Waals surface area (Å²) in [7, 11) is 5.02. The summed E-state index contributed by atoms with van der Waals surface area (Å²) in [4.78, 5) is 34.2. The molecule has 36 heavy (non-hydrogen) atoms. The predicted octanol–water partition coefficient (Wildman–Crippen LogP) is 3.89. The minimum atomic E-state index is -0.370. The zero-order chi connectivity index (χ0) is 24.7. The highest BCUT2D eigenvalue weighted by molar-refractivity contribution is 7.11. The Morgan fingerprint density at radius 3 is 2.33 bits per heavy atom. The second-order valence-electron chi connectivity index (χ2n) is 8.06. The van der Waals surface area contributed by atoms with E-state index in [2.05, 4.69) is 25.7 Å². The molecule has 1 aliphatic rings. The lowest BCUT2D eigenvalue weighted by atomic mass is 10.1. The van der Waals surface area contributed by atoms with Crippen LogP contribution in [-0.2, 0) is 27.7 Å². The monoisotopic (exact) mass is 543 g/mol. The number of allylic oxidation sites excluding steroid dienone is 1. The number of fused-ring (bicyclic) bond motifs is 3. The Bertz CT molecular complexity index is 1670. The molecule has 6 rings (SSSR count). The molecule has 0 saturated heterocycles. The molecule has 12 heteroatoms. The van der Waals surface area contributed by atoms with Gasteiger partial charge in [-0.05, 0) is 24.6 Å². The van der Waals surface area contributed by atoms with Gasteiger partial charge < -0.3 is 4.57 Å². The van der Waals surface area contributed by atoms with Crippen LogP contribution in [0.4, 0.5) is 0 Å². The van der Waals surface area contributed by atoms with E-state index in [1.807, 2.05) is 37.5 Å². The first-order valence-electron chi connectivity index (χ1n) is 10.9. The summed E-state index contributed by atoms with van der Waals surface area (Å²) in [5.41, 5.74) is 2.99. The average molecular weight is 544 g/mol. The molecule has 186 valence electrons. The lowest BCUT2D eigenvalue weighted by Crippen LogP contribution is -2.36. The lowest BCUT2D eigenvalue weighted by molar-refractivity contribution is 0.691. The van der Waals surface area contributed by atoms with Crippen molar-refractivity contribution in [3.05, 3.63) is 91.0 Å². The standard InChI is InChI=1S/C19H17ClN6O2S.C5H5N.ClH/c1-23-8-6-11(22-23)15-13-16(24(2)19(28)25(3)18(13)27)14-10(5-4-7-26(14)15)17-21-12(20)9-29-17;1-2-4-6-5-3-1;/h5-6,8-9H,4,7H2,1-3H3;1-5H;1H. The van der Waals surface area contributed by atoms with Gasteiger partial charge in [0.1, 0.15) is 15.9 Å². The third-order valence-electron chi connectivity index (χ3n) is 5.85. The maximum absolute atomic E-state index is 13.2. The van der Waals surface area contributed by atoms with Gasteiger partial charge in [0.2, 0.25) is 0 Å². The molecule has 0 unspecified atom stereocenters. The summed E-state index contributed by atoms with van der Waals surface area (Å²) in [6, 6.07) is 7.60. The molecule has 0 amide bonds. The molecule has 0 radical (unpaired) electrons. The van der Waals surface area contributed by atoms with Crippen molar-refractivity contribution in [3.63, 3.8) is 0 Å². The smallest absolute Gasteiger partial charge is 0.331 e. The van der Waals surface area contributed by atoms with Crippen LogP contribution in [-0.4, -0.2) is 33.4 Å². The van der Waals surface area contributed by atoms with Crippen LogP contribution in [0.25, 0.3) is 27.9 Å². The second kappa shape index (κ2) is 10.3. The van der Waals surface area contributed by atoms with Gasteiger partial charge in [0.05, 0.1) is 22.3 Å². The highest BCUT2D eigenvalue weighted by Crippen LogP contribution is 2.40. The molecule has 1 aliphatic heterocycles. The van der Waals surface area contributed by atoms with Gasteiger partial charge in [-0.25, -0.2) is 9.78 Å². The number of nitrogens with zero attached hydrogens (tertiary/aromatic N) is 7. The van der Waals surface area contributed by atoms with Crippen LogP contribution in [0, 0.1) is 0 Å². The number of pyridine rings is 1. The normalized spacial score (nSPS) is 12.4. The Hall–Kier alpha value is -3.47. The molecule has 0 aliphatic carbocycles. The van der Waals surface area contributed by atoms with Crippen molar-refractivity contribution in [2.24, 2.45) is 21.1 Å². The van der Waals surface area contributed by atoms with Crippen molar-refractivity contribution in [2.75, 3.05) is 0 Å². The number of thiazole rings is 1. The molecule has 0 atom stereocenters. The molecular weight excluding hydrogens is 521 g/mol. The van der Waals surface area contributed by atoms with Gasteiger partial charge in [0, 0.05) is 57.2 Å². The maximum atomic E-state index is 13.2. The van der Waals surface area contributed by atoms with Crippen LogP contribution in [0.1, 0.15) is 17.1 Å². The summed E-state index contributed by atoms with van der Waals surface area (Å²) >= 11 is 7.51. The number of aromatic nitrogens is 7. The Morgan fingerprint density at radius 2 is 1.78 bits per heavy atom. The summed E-state index contributed by atoms with van der Waals surface area (Å²) in [5.74, 6) is 0. The van der Waals surface area contributed by atoms with E-state index in [9.17, 15) is 9.59 Å². The predicted molar refractivity (Wildman–Crippen MR) is 145 cm³/mol. The van der Waals surface area contributed by atoms with E-state index in [0.29, 0.717) is 28.3 Å². The van der Waals surface area contributed by atoms with E-state index < -0.39 is 0 Å². The molecule has 5 aromatic rings. The molecule has 0 spiro atoms. The van der Waals surface area contributed by atoms with Gasteiger partial charge in [-0.1, -0.05) is 23.7 Å². The minimum absolute atomic E-state index is 0. The molecule has 0 N–H and O–H groups in total.